The lowest BCUT2D eigenvalue weighted by Gasteiger charge is -2.33. The van der Waals surface area contributed by atoms with Crippen LogP contribution in [0.4, 0.5) is 0 Å². The second kappa shape index (κ2) is 8.78. The Morgan fingerprint density at radius 3 is 2.44 bits per heavy atom. The average molecular weight is 365 g/mol. The van der Waals surface area contributed by atoms with Gasteiger partial charge < -0.3 is 11.1 Å². The summed E-state index contributed by atoms with van der Waals surface area (Å²) in [5.74, 6) is -0.108. The lowest BCUT2D eigenvalue weighted by Crippen LogP contribution is -2.56. The van der Waals surface area contributed by atoms with Crippen LogP contribution in [0.3, 0.4) is 0 Å². The van der Waals surface area contributed by atoms with E-state index in [-0.39, 0.29) is 36.3 Å². The van der Waals surface area contributed by atoms with Crippen LogP contribution >= 0.6 is 12.4 Å². The molecule has 2 aromatic rings. The molecule has 0 aliphatic rings. The van der Waals surface area contributed by atoms with Crippen molar-refractivity contribution in [3.8, 4) is 11.3 Å². The van der Waals surface area contributed by atoms with Gasteiger partial charge in [0.2, 0.25) is 5.91 Å². The first-order valence-corrected chi connectivity index (χ1v) is 8.00. The number of hydrogen-bond donors (Lipinski definition) is 2. The average Bonchev–Trinajstić information content (AvgIpc) is 2.57. The summed E-state index contributed by atoms with van der Waals surface area (Å²) in [5, 5.41) is 7.21. The first-order valence-electron chi connectivity index (χ1n) is 8.00. The van der Waals surface area contributed by atoms with Crippen molar-refractivity contribution in [1.29, 1.82) is 0 Å². The highest BCUT2D eigenvalue weighted by Gasteiger charge is 2.28. The molecule has 0 spiro atoms. The molecule has 136 valence electrons. The first kappa shape index (κ1) is 20.9. The fourth-order valence-corrected chi connectivity index (χ4v) is 2.25. The molecule has 2 rings (SSSR count). The van der Waals surface area contributed by atoms with E-state index in [1.165, 1.54) is 10.7 Å². The molecule has 6 nitrogen and oxygen atoms in total. The molecule has 0 saturated heterocycles. The summed E-state index contributed by atoms with van der Waals surface area (Å²) in [4.78, 5) is 24.3. The van der Waals surface area contributed by atoms with E-state index in [1.54, 1.807) is 6.07 Å². The number of nitrogens with one attached hydrogen (secondary N) is 1. The monoisotopic (exact) mass is 364 g/mol. The van der Waals surface area contributed by atoms with Crippen molar-refractivity contribution in [3.63, 3.8) is 0 Å². The molecule has 25 heavy (non-hydrogen) atoms. The maximum absolute atomic E-state index is 12.3. The van der Waals surface area contributed by atoms with Crippen molar-refractivity contribution >= 4 is 18.3 Å². The fourth-order valence-electron chi connectivity index (χ4n) is 2.25. The molecule has 0 bridgehead atoms. The van der Waals surface area contributed by atoms with Crippen LogP contribution in [0.2, 0.25) is 0 Å². The van der Waals surface area contributed by atoms with Gasteiger partial charge in [0.15, 0.2) is 0 Å². The van der Waals surface area contributed by atoms with E-state index >= 15 is 0 Å². The Labute approximate surface area is 153 Å². The molecular formula is C18H25ClN4O2. The summed E-state index contributed by atoms with van der Waals surface area (Å²) < 4.78 is 1.18. The van der Waals surface area contributed by atoms with Crippen LogP contribution < -0.4 is 16.6 Å². The molecule has 0 aliphatic heterocycles. The maximum Gasteiger partial charge on any atom is 0.267 e. The second-order valence-corrected chi connectivity index (χ2v) is 6.40. The number of benzene rings is 1. The van der Waals surface area contributed by atoms with E-state index in [4.69, 9.17) is 5.73 Å². The van der Waals surface area contributed by atoms with E-state index in [2.05, 4.69) is 10.4 Å². The van der Waals surface area contributed by atoms with Gasteiger partial charge in [-0.2, -0.15) is 5.10 Å². The maximum atomic E-state index is 12.3. The number of carbonyl (C=O) groups is 1. The molecule has 0 saturated carbocycles. The molecule has 0 aliphatic carbocycles. The molecule has 1 unspecified atom stereocenters. The summed E-state index contributed by atoms with van der Waals surface area (Å²) in [6.45, 7) is 6.07. The number of carbonyl (C=O) groups excluding carboxylic acids is 1. The predicted octanol–water partition coefficient (Wildman–Crippen LogP) is 1.82. The lowest BCUT2D eigenvalue weighted by atomic mass is 9.88. The van der Waals surface area contributed by atoms with E-state index < -0.39 is 5.54 Å². The molecule has 0 radical (unpaired) electrons. The highest BCUT2D eigenvalue weighted by Crippen LogP contribution is 2.15. The van der Waals surface area contributed by atoms with Gasteiger partial charge in [-0.15, -0.1) is 12.4 Å². The van der Waals surface area contributed by atoms with Crippen molar-refractivity contribution in [3.05, 3.63) is 52.8 Å². The Hall–Kier alpha value is -2.18. The third kappa shape index (κ3) is 5.14. The molecule has 3 N–H and O–H groups in total. The fraction of sp³-hybridized carbons (Fsp3) is 0.389. The molecule has 1 amide bonds. The third-order valence-electron chi connectivity index (χ3n) is 4.35. The summed E-state index contributed by atoms with van der Waals surface area (Å²) in [5.41, 5.74) is 6.48. The number of aromatic nitrogens is 2. The van der Waals surface area contributed by atoms with Crippen molar-refractivity contribution in [1.82, 2.24) is 15.1 Å². The summed E-state index contributed by atoms with van der Waals surface area (Å²) >= 11 is 0. The SMILES string of the molecule is CC(C)C(C)(CN)NC(=O)Cn1nc(-c2ccccc2)ccc1=O.Cl. The van der Waals surface area contributed by atoms with Gasteiger partial charge in [-0.3, -0.25) is 9.59 Å². The van der Waals surface area contributed by atoms with Crippen molar-refractivity contribution in [2.45, 2.75) is 32.9 Å². The molecule has 0 fully saturated rings. The number of nitrogens with two attached hydrogens (primary N) is 1. The number of hydrogen-bond acceptors (Lipinski definition) is 4. The minimum absolute atomic E-state index is 0. The minimum atomic E-state index is -0.516. The van der Waals surface area contributed by atoms with Gasteiger partial charge in [0.1, 0.15) is 6.54 Å². The zero-order chi connectivity index (χ0) is 17.7. The molecule has 7 heteroatoms. The quantitative estimate of drug-likeness (QED) is 0.818. The minimum Gasteiger partial charge on any atom is -0.348 e. The lowest BCUT2D eigenvalue weighted by molar-refractivity contribution is -0.124. The van der Waals surface area contributed by atoms with Crippen molar-refractivity contribution < 1.29 is 4.79 Å². The normalized spacial score (nSPS) is 13.0. The van der Waals surface area contributed by atoms with Crippen LogP contribution in [0.1, 0.15) is 20.8 Å². The van der Waals surface area contributed by atoms with Crippen LogP contribution in [0.15, 0.2) is 47.3 Å². The van der Waals surface area contributed by atoms with Crippen LogP contribution in [-0.4, -0.2) is 27.8 Å². The van der Waals surface area contributed by atoms with E-state index in [0.717, 1.165) is 5.56 Å². The van der Waals surface area contributed by atoms with E-state index in [0.29, 0.717) is 12.2 Å². The summed E-state index contributed by atoms with van der Waals surface area (Å²) in [7, 11) is 0. The van der Waals surface area contributed by atoms with Crippen LogP contribution in [-0.2, 0) is 11.3 Å². The van der Waals surface area contributed by atoms with Gasteiger partial charge in [0, 0.05) is 18.2 Å². The Morgan fingerprint density at radius 1 is 1.24 bits per heavy atom. The molecule has 1 aromatic carbocycles. The zero-order valence-corrected chi connectivity index (χ0v) is 15.5. The second-order valence-electron chi connectivity index (χ2n) is 6.40. The Morgan fingerprint density at radius 2 is 1.88 bits per heavy atom. The third-order valence-corrected chi connectivity index (χ3v) is 4.35. The standard InChI is InChI=1S/C18H24N4O2.ClH/c1-13(2)18(3,12-19)20-16(23)11-22-17(24)10-9-15(21-22)14-7-5-4-6-8-14;/h4-10,13H,11-12,19H2,1-3H3,(H,20,23);1H. The summed E-state index contributed by atoms with van der Waals surface area (Å²) in [6.07, 6.45) is 0. The Bertz CT molecular complexity index is 761. The van der Waals surface area contributed by atoms with E-state index in [9.17, 15) is 9.59 Å². The van der Waals surface area contributed by atoms with Gasteiger partial charge in [-0.05, 0) is 18.9 Å². The number of nitrogens with zero attached hydrogens (tertiary/aromatic N) is 2. The Kier molecular flexibility index (Phi) is 7.33. The highest BCUT2D eigenvalue weighted by molar-refractivity contribution is 5.85. The molecular weight excluding hydrogens is 340 g/mol. The molecule has 1 atom stereocenters. The Balaban J connectivity index is 0.00000312. The predicted molar refractivity (Wildman–Crippen MR) is 102 cm³/mol. The molecule has 1 heterocycles. The first-order chi connectivity index (χ1) is 11.4. The van der Waals surface area contributed by atoms with Crippen molar-refractivity contribution in [2.24, 2.45) is 11.7 Å². The molecule has 1 aromatic heterocycles. The summed E-state index contributed by atoms with van der Waals surface area (Å²) in [6, 6.07) is 12.6. The van der Waals surface area contributed by atoms with Crippen molar-refractivity contribution in [2.75, 3.05) is 6.54 Å². The zero-order valence-electron chi connectivity index (χ0n) is 14.7. The van der Waals surface area contributed by atoms with Gasteiger partial charge in [0.25, 0.3) is 5.56 Å². The van der Waals surface area contributed by atoms with Crippen LogP contribution in [0, 0.1) is 5.92 Å². The van der Waals surface area contributed by atoms with Gasteiger partial charge in [-0.25, -0.2) is 4.68 Å². The smallest absolute Gasteiger partial charge is 0.267 e. The van der Waals surface area contributed by atoms with Gasteiger partial charge in [0.05, 0.1) is 11.2 Å². The van der Waals surface area contributed by atoms with Gasteiger partial charge in [-0.1, -0.05) is 44.2 Å². The topological polar surface area (TPSA) is 90.0 Å². The van der Waals surface area contributed by atoms with E-state index in [1.807, 2.05) is 51.1 Å². The van der Waals surface area contributed by atoms with Crippen LogP contribution in [0.5, 0.6) is 0 Å². The number of rotatable bonds is 6. The number of amides is 1. The highest BCUT2D eigenvalue weighted by atomic mass is 35.5. The largest absolute Gasteiger partial charge is 0.348 e. The van der Waals surface area contributed by atoms with Crippen LogP contribution in [0.25, 0.3) is 11.3 Å². The van der Waals surface area contributed by atoms with Gasteiger partial charge >= 0.3 is 0 Å². The number of halogens is 1.